The van der Waals surface area contributed by atoms with Crippen molar-refractivity contribution < 1.29 is 9.26 Å². The molecule has 5 nitrogen and oxygen atoms in total. The number of thioether (sulfide) groups is 1. The lowest BCUT2D eigenvalue weighted by molar-refractivity contribution is -0.0106. The highest BCUT2D eigenvalue weighted by atomic mass is 32.2. The number of rotatable bonds is 6. The van der Waals surface area contributed by atoms with Crippen LogP contribution in [-0.4, -0.2) is 41.3 Å². The molecule has 2 rings (SSSR count). The standard InChI is InChI=1S/C13H23N3O2S/c1-5-13(3,17-4)12-15-11(18-16-12)9-7-19-8-10(9)14-6-2/h9-10,14H,5-8H2,1-4H3. The Balaban J connectivity index is 2.16. The van der Waals surface area contributed by atoms with Crippen LogP contribution in [0.5, 0.6) is 0 Å². The molecule has 0 bridgehead atoms. The zero-order valence-corrected chi connectivity index (χ0v) is 12.9. The molecule has 1 aliphatic rings. The number of hydrogen-bond acceptors (Lipinski definition) is 6. The summed E-state index contributed by atoms with van der Waals surface area (Å²) in [6, 6.07) is 0.429. The first kappa shape index (κ1) is 14.8. The number of methoxy groups -OCH3 is 1. The summed E-state index contributed by atoms with van der Waals surface area (Å²) in [6.45, 7) is 7.14. The van der Waals surface area contributed by atoms with E-state index in [4.69, 9.17) is 9.26 Å². The number of likely N-dealkylation sites (N-methyl/N-ethyl adjacent to an activating group) is 1. The highest BCUT2D eigenvalue weighted by Crippen LogP contribution is 2.34. The van der Waals surface area contributed by atoms with Crippen LogP contribution in [0, 0.1) is 0 Å². The van der Waals surface area contributed by atoms with Gasteiger partial charge in [-0.1, -0.05) is 19.0 Å². The van der Waals surface area contributed by atoms with Crippen LogP contribution in [0.3, 0.4) is 0 Å². The smallest absolute Gasteiger partial charge is 0.232 e. The van der Waals surface area contributed by atoms with Crippen LogP contribution in [0.1, 0.15) is 44.8 Å². The fourth-order valence-corrected chi connectivity index (χ4v) is 3.62. The summed E-state index contributed by atoms with van der Waals surface area (Å²) in [6.07, 6.45) is 0.818. The topological polar surface area (TPSA) is 60.2 Å². The van der Waals surface area contributed by atoms with Crippen molar-refractivity contribution in [3.8, 4) is 0 Å². The van der Waals surface area contributed by atoms with Gasteiger partial charge in [-0.2, -0.15) is 16.7 Å². The Morgan fingerprint density at radius 2 is 2.26 bits per heavy atom. The van der Waals surface area contributed by atoms with E-state index in [1.807, 2.05) is 18.7 Å². The lowest BCUT2D eigenvalue weighted by Gasteiger charge is -2.22. The molecule has 3 atom stereocenters. The van der Waals surface area contributed by atoms with Gasteiger partial charge in [0.15, 0.2) is 0 Å². The van der Waals surface area contributed by atoms with Crippen molar-refractivity contribution in [1.82, 2.24) is 15.5 Å². The van der Waals surface area contributed by atoms with Crippen LogP contribution in [0.15, 0.2) is 4.52 Å². The Morgan fingerprint density at radius 3 is 2.89 bits per heavy atom. The molecule has 1 aromatic heterocycles. The summed E-state index contributed by atoms with van der Waals surface area (Å²) in [5.74, 6) is 3.84. The van der Waals surface area contributed by atoms with E-state index in [-0.39, 0.29) is 0 Å². The molecule has 1 fully saturated rings. The van der Waals surface area contributed by atoms with Gasteiger partial charge in [0.2, 0.25) is 11.7 Å². The largest absolute Gasteiger partial charge is 0.370 e. The van der Waals surface area contributed by atoms with Gasteiger partial charge in [0.25, 0.3) is 0 Å². The average molecular weight is 285 g/mol. The lowest BCUT2D eigenvalue weighted by atomic mass is 10.0. The maximum atomic E-state index is 5.52. The van der Waals surface area contributed by atoms with Gasteiger partial charge in [-0.3, -0.25) is 0 Å². The van der Waals surface area contributed by atoms with E-state index in [1.54, 1.807) is 7.11 Å². The van der Waals surface area contributed by atoms with Gasteiger partial charge in [0.1, 0.15) is 5.60 Å². The summed E-state index contributed by atoms with van der Waals surface area (Å²) < 4.78 is 11.0. The first-order valence-electron chi connectivity index (χ1n) is 6.85. The summed E-state index contributed by atoms with van der Waals surface area (Å²) in [4.78, 5) is 4.58. The van der Waals surface area contributed by atoms with Crippen molar-refractivity contribution in [2.75, 3.05) is 25.2 Å². The molecular weight excluding hydrogens is 262 g/mol. The highest BCUT2D eigenvalue weighted by Gasteiger charge is 2.36. The van der Waals surface area contributed by atoms with Crippen molar-refractivity contribution in [3.63, 3.8) is 0 Å². The molecule has 1 saturated heterocycles. The van der Waals surface area contributed by atoms with Crippen molar-refractivity contribution in [2.45, 2.75) is 44.8 Å². The highest BCUT2D eigenvalue weighted by molar-refractivity contribution is 7.99. The van der Waals surface area contributed by atoms with Gasteiger partial charge in [-0.25, -0.2) is 0 Å². The number of nitrogens with one attached hydrogen (secondary N) is 1. The summed E-state index contributed by atoms with van der Waals surface area (Å²) in [5.41, 5.74) is -0.457. The summed E-state index contributed by atoms with van der Waals surface area (Å²) in [7, 11) is 1.69. The van der Waals surface area contributed by atoms with E-state index in [0.717, 1.165) is 30.4 Å². The molecular formula is C13H23N3O2S. The van der Waals surface area contributed by atoms with Crippen LogP contribution in [0.25, 0.3) is 0 Å². The van der Waals surface area contributed by atoms with Crippen molar-refractivity contribution in [2.24, 2.45) is 0 Å². The quantitative estimate of drug-likeness (QED) is 0.864. The van der Waals surface area contributed by atoms with Gasteiger partial charge in [-0.15, -0.1) is 0 Å². The van der Waals surface area contributed by atoms with E-state index in [2.05, 4.69) is 29.3 Å². The Hall–Kier alpha value is -0.590. The zero-order chi connectivity index (χ0) is 13.9. The van der Waals surface area contributed by atoms with E-state index in [0.29, 0.717) is 17.8 Å². The fraction of sp³-hybridized carbons (Fsp3) is 0.846. The van der Waals surface area contributed by atoms with Crippen LogP contribution < -0.4 is 5.32 Å². The molecule has 0 amide bonds. The van der Waals surface area contributed by atoms with Crippen molar-refractivity contribution in [3.05, 3.63) is 11.7 Å². The Bertz CT molecular complexity index is 406. The van der Waals surface area contributed by atoms with E-state index in [1.165, 1.54) is 0 Å². The average Bonchev–Trinajstić information content (AvgIpc) is 3.06. The normalized spacial score (nSPS) is 26.5. The molecule has 1 aromatic rings. The first-order chi connectivity index (χ1) is 9.14. The monoisotopic (exact) mass is 285 g/mol. The molecule has 2 heterocycles. The molecule has 108 valence electrons. The molecule has 1 N–H and O–H groups in total. The second-order valence-electron chi connectivity index (χ2n) is 5.05. The van der Waals surface area contributed by atoms with Gasteiger partial charge >= 0.3 is 0 Å². The molecule has 0 spiro atoms. The molecule has 6 heteroatoms. The van der Waals surface area contributed by atoms with Crippen molar-refractivity contribution >= 4 is 11.8 Å². The minimum absolute atomic E-state index is 0.309. The van der Waals surface area contributed by atoms with Crippen LogP contribution >= 0.6 is 11.8 Å². The minimum Gasteiger partial charge on any atom is -0.370 e. The van der Waals surface area contributed by atoms with Gasteiger partial charge in [-0.05, 0) is 19.9 Å². The van der Waals surface area contributed by atoms with E-state index in [9.17, 15) is 0 Å². The van der Waals surface area contributed by atoms with Gasteiger partial charge in [0.05, 0.1) is 5.92 Å². The van der Waals surface area contributed by atoms with Crippen molar-refractivity contribution in [1.29, 1.82) is 0 Å². The molecule has 1 aliphatic heterocycles. The van der Waals surface area contributed by atoms with E-state index < -0.39 is 5.60 Å². The SMILES string of the molecule is CCNC1CSCC1c1nc(C(C)(CC)OC)no1. The molecule has 0 aliphatic carbocycles. The number of nitrogens with zero attached hydrogens (tertiary/aromatic N) is 2. The molecule has 3 unspecified atom stereocenters. The minimum atomic E-state index is -0.457. The fourth-order valence-electron chi connectivity index (χ4n) is 2.26. The Labute approximate surface area is 118 Å². The summed E-state index contributed by atoms with van der Waals surface area (Å²) >= 11 is 1.93. The zero-order valence-electron chi connectivity index (χ0n) is 12.1. The van der Waals surface area contributed by atoms with Gasteiger partial charge in [0, 0.05) is 24.7 Å². The first-order valence-corrected chi connectivity index (χ1v) is 8.00. The Kier molecular flexibility index (Phi) is 4.86. The molecule has 0 radical (unpaired) electrons. The maximum Gasteiger partial charge on any atom is 0.232 e. The van der Waals surface area contributed by atoms with Crippen LogP contribution in [0.4, 0.5) is 0 Å². The van der Waals surface area contributed by atoms with E-state index >= 15 is 0 Å². The number of ether oxygens (including phenoxy) is 1. The number of hydrogen-bond donors (Lipinski definition) is 1. The number of aromatic nitrogens is 2. The molecule has 0 aromatic carbocycles. The van der Waals surface area contributed by atoms with Gasteiger partial charge < -0.3 is 14.6 Å². The lowest BCUT2D eigenvalue weighted by Crippen LogP contribution is -2.34. The second kappa shape index (κ2) is 6.24. The predicted molar refractivity (Wildman–Crippen MR) is 76.5 cm³/mol. The third-order valence-electron chi connectivity index (χ3n) is 3.90. The van der Waals surface area contributed by atoms with Crippen LogP contribution in [0.2, 0.25) is 0 Å². The second-order valence-corrected chi connectivity index (χ2v) is 6.13. The predicted octanol–water partition coefficient (Wildman–Crippen LogP) is 2.15. The summed E-state index contributed by atoms with van der Waals surface area (Å²) in [5, 5.41) is 7.61. The van der Waals surface area contributed by atoms with Crippen LogP contribution in [-0.2, 0) is 10.3 Å². The third kappa shape index (κ3) is 2.95. The molecule has 0 saturated carbocycles. The Morgan fingerprint density at radius 1 is 1.47 bits per heavy atom. The third-order valence-corrected chi connectivity index (χ3v) is 5.09. The molecule has 19 heavy (non-hydrogen) atoms. The maximum absolute atomic E-state index is 5.52.